The molecule has 0 aliphatic rings. The van der Waals surface area contributed by atoms with Gasteiger partial charge in [0.2, 0.25) is 0 Å². The lowest BCUT2D eigenvalue weighted by molar-refractivity contribution is 1.25. The van der Waals surface area contributed by atoms with Gasteiger partial charge in [-0.1, -0.05) is 41.4 Å². The largest absolute Gasteiger partial charge is 0.397 e. The van der Waals surface area contributed by atoms with Gasteiger partial charge in [-0.3, -0.25) is 4.98 Å². The number of hydrogen-bond acceptors (Lipinski definition) is 3. The molecule has 0 bridgehead atoms. The molecule has 1 heterocycles. The Labute approximate surface area is 132 Å². The molecule has 0 spiro atoms. The fraction of sp³-hybridized carbons (Fsp3) is 0.0625. The number of rotatable bonds is 2. The topological polar surface area (TPSA) is 50.9 Å². The Balaban J connectivity index is 2.10. The van der Waals surface area contributed by atoms with Crippen molar-refractivity contribution in [3.8, 4) is 0 Å². The zero-order valence-corrected chi connectivity index (χ0v) is 12.8. The van der Waals surface area contributed by atoms with E-state index in [9.17, 15) is 0 Å². The number of aromatic nitrogens is 1. The Morgan fingerprint density at radius 1 is 1.00 bits per heavy atom. The zero-order valence-electron chi connectivity index (χ0n) is 11.3. The maximum Gasteiger partial charge on any atom is 0.0939 e. The van der Waals surface area contributed by atoms with Gasteiger partial charge in [0, 0.05) is 11.1 Å². The molecular weight excluding hydrogens is 305 g/mol. The van der Waals surface area contributed by atoms with Crippen molar-refractivity contribution in [3.63, 3.8) is 0 Å². The number of nitrogen functional groups attached to an aromatic ring is 1. The van der Waals surface area contributed by atoms with Gasteiger partial charge in [0.25, 0.3) is 0 Å². The second-order valence-corrected chi connectivity index (χ2v) is 5.62. The minimum absolute atomic E-state index is 0.437. The minimum atomic E-state index is 0.437. The number of nitrogens with zero attached hydrogens (tertiary/aromatic N) is 1. The smallest absolute Gasteiger partial charge is 0.0939 e. The van der Waals surface area contributed by atoms with E-state index < -0.39 is 0 Å². The van der Waals surface area contributed by atoms with E-state index in [0.29, 0.717) is 21.4 Å². The van der Waals surface area contributed by atoms with Crippen LogP contribution in [0.1, 0.15) is 5.69 Å². The lowest BCUT2D eigenvalue weighted by Crippen LogP contribution is -1.98. The first-order chi connectivity index (χ1) is 10.0. The van der Waals surface area contributed by atoms with Crippen LogP contribution in [0.25, 0.3) is 10.9 Å². The molecule has 1 aromatic heterocycles. The van der Waals surface area contributed by atoms with Crippen LogP contribution in [-0.4, -0.2) is 4.98 Å². The number of anilines is 3. The number of nitrogens with one attached hydrogen (secondary N) is 1. The summed E-state index contributed by atoms with van der Waals surface area (Å²) in [6.07, 6.45) is 0. The molecule has 3 aromatic rings. The maximum atomic E-state index is 6.05. The van der Waals surface area contributed by atoms with Gasteiger partial charge in [-0.25, -0.2) is 0 Å². The van der Waals surface area contributed by atoms with Crippen molar-refractivity contribution in [2.45, 2.75) is 6.92 Å². The number of para-hydroxylation sites is 1. The molecular formula is C16H13Cl2N3. The lowest BCUT2D eigenvalue weighted by atomic mass is 10.1. The predicted octanol–water partition coefficient (Wildman–Crippen LogP) is 5.18. The summed E-state index contributed by atoms with van der Waals surface area (Å²) in [6.45, 7) is 1.96. The van der Waals surface area contributed by atoms with Gasteiger partial charge in [0.15, 0.2) is 0 Å². The van der Waals surface area contributed by atoms with E-state index in [1.807, 2.05) is 37.3 Å². The van der Waals surface area contributed by atoms with Gasteiger partial charge in [-0.15, -0.1) is 0 Å². The van der Waals surface area contributed by atoms with Crippen LogP contribution in [0.2, 0.25) is 10.0 Å². The van der Waals surface area contributed by atoms with E-state index in [-0.39, 0.29) is 0 Å². The number of aryl methyl sites for hydroxylation is 1. The molecule has 0 saturated carbocycles. The predicted molar refractivity (Wildman–Crippen MR) is 90.6 cm³/mol. The molecule has 0 unspecified atom stereocenters. The third-order valence-electron chi connectivity index (χ3n) is 3.22. The average molecular weight is 318 g/mol. The molecule has 2 aromatic carbocycles. The monoisotopic (exact) mass is 317 g/mol. The number of fused-ring (bicyclic) bond motifs is 1. The molecule has 5 heteroatoms. The second-order valence-electron chi connectivity index (χ2n) is 4.81. The van der Waals surface area contributed by atoms with Gasteiger partial charge >= 0.3 is 0 Å². The van der Waals surface area contributed by atoms with E-state index in [4.69, 9.17) is 28.9 Å². The number of pyridine rings is 1. The van der Waals surface area contributed by atoms with Crippen LogP contribution < -0.4 is 11.1 Å². The molecule has 0 amide bonds. The van der Waals surface area contributed by atoms with Crippen LogP contribution in [0, 0.1) is 6.92 Å². The van der Waals surface area contributed by atoms with E-state index in [0.717, 1.165) is 22.3 Å². The number of hydrogen-bond donors (Lipinski definition) is 2. The first-order valence-corrected chi connectivity index (χ1v) is 7.18. The average Bonchev–Trinajstić information content (AvgIpc) is 2.45. The van der Waals surface area contributed by atoms with Crippen LogP contribution in [0.5, 0.6) is 0 Å². The highest BCUT2D eigenvalue weighted by molar-refractivity contribution is 6.42. The summed E-state index contributed by atoms with van der Waals surface area (Å²) in [5.74, 6) is 0. The molecule has 0 saturated heterocycles. The van der Waals surface area contributed by atoms with Crippen molar-refractivity contribution in [3.05, 3.63) is 58.2 Å². The van der Waals surface area contributed by atoms with Crippen molar-refractivity contribution in [1.29, 1.82) is 0 Å². The molecule has 0 atom stereocenters. The number of benzene rings is 2. The van der Waals surface area contributed by atoms with E-state index >= 15 is 0 Å². The van der Waals surface area contributed by atoms with Gasteiger partial charge < -0.3 is 11.1 Å². The number of halogens is 2. The summed E-state index contributed by atoms with van der Waals surface area (Å²) in [4.78, 5) is 4.58. The van der Waals surface area contributed by atoms with Crippen LogP contribution in [-0.2, 0) is 0 Å². The molecule has 0 aliphatic heterocycles. The molecule has 0 radical (unpaired) electrons. The van der Waals surface area contributed by atoms with E-state index in [1.165, 1.54) is 0 Å². The molecule has 3 nitrogen and oxygen atoms in total. The maximum absolute atomic E-state index is 6.05. The minimum Gasteiger partial charge on any atom is -0.397 e. The fourth-order valence-corrected chi connectivity index (χ4v) is 2.50. The highest BCUT2D eigenvalue weighted by Crippen LogP contribution is 2.34. The molecule has 21 heavy (non-hydrogen) atoms. The third-order valence-corrected chi connectivity index (χ3v) is 3.94. The second kappa shape index (κ2) is 5.43. The van der Waals surface area contributed by atoms with Crippen molar-refractivity contribution in [2.75, 3.05) is 11.1 Å². The molecule has 3 rings (SSSR count). The Bertz CT molecular complexity index is 831. The standard InChI is InChI=1S/C16H13Cl2N3/c1-9-5-6-10-3-2-4-14(16(10)20-9)21-15-8-12(18)11(17)7-13(15)19/h2-8,21H,19H2,1H3. The first-order valence-electron chi connectivity index (χ1n) is 6.42. The van der Waals surface area contributed by atoms with Crippen LogP contribution in [0.3, 0.4) is 0 Å². The molecule has 3 N–H and O–H groups in total. The van der Waals surface area contributed by atoms with Crippen LogP contribution in [0.4, 0.5) is 17.1 Å². The van der Waals surface area contributed by atoms with Gasteiger partial charge in [-0.05, 0) is 31.2 Å². The van der Waals surface area contributed by atoms with E-state index in [2.05, 4.69) is 10.3 Å². The molecule has 0 aliphatic carbocycles. The van der Waals surface area contributed by atoms with Crippen molar-refractivity contribution in [2.24, 2.45) is 0 Å². The van der Waals surface area contributed by atoms with Crippen molar-refractivity contribution >= 4 is 51.2 Å². The van der Waals surface area contributed by atoms with Gasteiger partial charge in [-0.2, -0.15) is 0 Å². The van der Waals surface area contributed by atoms with Gasteiger partial charge in [0.1, 0.15) is 0 Å². The molecule has 0 fully saturated rings. The quantitative estimate of drug-likeness (QED) is 0.640. The third kappa shape index (κ3) is 2.75. The fourth-order valence-electron chi connectivity index (χ4n) is 2.16. The Morgan fingerprint density at radius 2 is 1.76 bits per heavy atom. The van der Waals surface area contributed by atoms with Crippen LogP contribution in [0.15, 0.2) is 42.5 Å². The molecule has 106 valence electrons. The lowest BCUT2D eigenvalue weighted by Gasteiger charge is -2.12. The van der Waals surface area contributed by atoms with Crippen LogP contribution >= 0.6 is 23.2 Å². The van der Waals surface area contributed by atoms with E-state index in [1.54, 1.807) is 12.1 Å². The Morgan fingerprint density at radius 3 is 2.57 bits per heavy atom. The van der Waals surface area contributed by atoms with Crippen molar-refractivity contribution in [1.82, 2.24) is 4.98 Å². The Kier molecular flexibility index (Phi) is 3.62. The summed E-state index contributed by atoms with van der Waals surface area (Å²) in [5.41, 5.74) is 9.96. The zero-order chi connectivity index (χ0) is 15.0. The first kappa shape index (κ1) is 14.0. The summed E-state index contributed by atoms with van der Waals surface area (Å²) in [7, 11) is 0. The highest BCUT2D eigenvalue weighted by Gasteiger charge is 2.08. The van der Waals surface area contributed by atoms with Gasteiger partial charge in [0.05, 0.1) is 32.6 Å². The number of nitrogens with two attached hydrogens (primary N) is 1. The normalized spacial score (nSPS) is 10.8. The Hall–Kier alpha value is -1.97. The summed E-state index contributed by atoms with van der Waals surface area (Å²) >= 11 is 12.0. The SMILES string of the molecule is Cc1ccc2cccc(Nc3cc(Cl)c(Cl)cc3N)c2n1. The highest BCUT2D eigenvalue weighted by atomic mass is 35.5. The van der Waals surface area contributed by atoms with Crippen molar-refractivity contribution < 1.29 is 0 Å². The summed E-state index contributed by atoms with van der Waals surface area (Å²) in [5, 5.41) is 5.23. The summed E-state index contributed by atoms with van der Waals surface area (Å²) in [6, 6.07) is 13.3. The summed E-state index contributed by atoms with van der Waals surface area (Å²) < 4.78 is 0.